The van der Waals surface area contributed by atoms with E-state index in [1.165, 1.54) is 37.8 Å². The van der Waals surface area contributed by atoms with Gasteiger partial charge in [0.05, 0.1) is 4.47 Å². The van der Waals surface area contributed by atoms with E-state index < -0.39 is 11.6 Å². The molecule has 112 valence electrons. The van der Waals surface area contributed by atoms with Gasteiger partial charge in [0, 0.05) is 22.6 Å². The molecule has 5 heteroatoms. The van der Waals surface area contributed by atoms with Crippen LogP contribution in [0.2, 0.25) is 0 Å². The molecule has 1 N–H and O–H groups in total. The smallest absolute Gasteiger partial charge is 0.143 e. The maximum absolute atomic E-state index is 14.0. The molecule has 0 aromatic heterocycles. The molecule has 0 radical (unpaired) electrons. The summed E-state index contributed by atoms with van der Waals surface area (Å²) in [5, 5.41) is 3.90. The van der Waals surface area contributed by atoms with Gasteiger partial charge in [0.1, 0.15) is 11.6 Å². The molecule has 0 heterocycles. The quantitative estimate of drug-likeness (QED) is 0.745. The van der Waals surface area contributed by atoms with Gasteiger partial charge in [0.2, 0.25) is 0 Å². The number of hydrogen-bond donors (Lipinski definition) is 1. The number of halogens is 3. The van der Waals surface area contributed by atoms with E-state index in [0.29, 0.717) is 10.9 Å². The molecule has 0 aliphatic heterocycles. The van der Waals surface area contributed by atoms with E-state index >= 15 is 0 Å². The van der Waals surface area contributed by atoms with Gasteiger partial charge in [0.15, 0.2) is 0 Å². The molecular weight excluding hydrogens is 344 g/mol. The van der Waals surface area contributed by atoms with Crippen LogP contribution in [0.3, 0.4) is 0 Å². The van der Waals surface area contributed by atoms with Crippen molar-refractivity contribution in [3.8, 4) is 0 Å². The Kier molecular flexibility index (Phi) is 6.30. The second-order valence-corrected chi connectivity index (χ2v) is 7.44. The summed E-state index contributed by atoms with van der Waals surface area (Å²) in [6.45, 7) is 0. The maximum Gasteiger partial charge on any atom is 0.143 e. The number of hydrogen-bond acceptors (Lipinski definition) is 2. The van der Waals surface area contributed by atoms with Crippen LogP contribution in [0.4, 0.5) is 8.78 Å². The fraction of sp³-hybridized carbons (Fsp3) is 0.600. The molecule has 0 spiro atoms. The summed E-state index contributed by atoms with van der Waals surface area (Å²) in [7, 11) is 1.85. The van der Waals surface area contributed by atoms with Crippen LogP contribution in [0.5, 0.6) is 0 Å². The van der Waals surface area contributed by atoms with Gasteiger partial charge >= 0.3 is 0 Å². The fourth-order valence-corrected chi connectivity index (χ4v) is 4.38. The number of likely N-dealkylation sites (N-methyl/N-ethyl adjacent to an activating group) is 1. The minimum atomic E-state index is -0.476. The van der Waals surface area contributed by atoms with Crippen molar-refractivity contribution < 1.29 is 8.78 Å². The predicted molar refractivity (Wildman–Crippen MR) is 85.3 cm³/mol. The van der Waals surface area contributed by atoms with Crippen LogP contribution < -0.4 is 5.32 Å². The van der Waals surface area contributed by atoms with E-state index in [1.54, 1.807) is 0 Å². The number of rotatable bonds is 6. The van der Waals surface area contributed by atoms with Gasteiger partial charge < -0.3 is 5.32 Å². The standard InChI is InChI=1S/C15H20BrF2NS/c1-19-10(9-20-11-4-2-3-5-11)8-12-14(17)7-6-13(16)15(12)18/h6-7,10-11,19H,2-5,8-9H2,1H3. The Hall–Kier alpha value is -0.130. The van der Waals surface area contributed by atoms with Crippen LogP contribution in [-0.2, 0) is 6.42 Å². The van der Waals surface area contributed by atoms with Gasteiger partial charge in [-0.15, -0.1) is 0 Å². The molecule has 1 unspecified atom stereocenters. The SMILES string of the molecule is CNC(CSC1CCCC1)Cc1c(F)ccc(Br)c1F. The lowest BCUT2D eigenvalue weighted by Gasteiger charge is -2.19. The van der Waals surface area contributed by atoms with E-state index in [0.717, 1.165) is 11.0 Å². The lowest BCUT2D eigenvalue weighted by Crippen LogP contribution is -2.31. The van der Waals surface area contributed by atoms with Gasteiger partial charge in [-0.3, -0.25) is 0 Å². The summed E-state index contributed by atoms with van der Waals surface area (Å²) in [5.41, 5.74) is 0.172. The molecule has 0 bridgehead atoms. The molecule has 0 amide bonds. The summed E-state index contributed by atoms with van der Waals surface area (Å²) in [4.78, 5) is 0. The summed E-state index contributed by atoms with van der Waals surface area (Å²) in [6.07, 6.45) is 5.57. The highest BCUT2D eigenvalue weighted by atomic mass is 79.9. The minimum Gasteiger partial charge on any atom is -0.316 e. The average molecular weight is 364 g/mol. The first kappa shape index (κ1) is 16.2. The molecule has 2 rings (SSSR count). The Morgan fingerprint density at radius 3 is 2.70 bits per heavy atom. The lowest BCUT2D eigenvalue weighted by atomic mass is 10.1. The molecular formula is C15H20BrF2NS. The maximum atomic E-state index is 14.0. The number of benzene rings is 1. The molecule has 0 saturated heterocycles. The molecule has 1 nitrogen and oxygen atoms in total. The van der Waals surface area contributed by atoms with Crippen LogP contribution in [0, 0.1) is 11.6 Å². The van der Waals surface area contributed by atoms with E-state index in [9.17, 15) is 8.78 Å². The summed E-state index contributed by atoms with van der Waals surface area (Å²) >= 11 is 5.05. The van der Waals surface area contributed by atoms with Crippen LogP contribution in [0.1, 0.15) is 31.2 Å². The summed E-state index contributed by atoms with van der Waals surface area (Å²) < 4.78 is 28.1. The van der Waals surface area contributed by atoms with Gasteiger partial charge in [-0.1, -0.05) is 12.8 Å². The van der Waals surface area contributed by atoms with E-state index in [2.05, 4.69) is 21.2 Å². The third-order valence-electron chi connectivity index (χ3n) is 3.83. The topological polar surface area (TPSA) is 12.0 Å². The first-order valence-electron chi connectivity index (χ1n) is 7.03. The number of thioether (sulfide) groups is 1. The van der Waals surface area contributed by atoms with Crippen LogP contribution in [0.25, 0.3) is 0 Å². The van der Waals surface area contributed by atoms with Crippen molar-refractivity contribution >= 4 is 27.7 Å². The highest BCUT2D eigenvalue weighted by molar-refractivity contribution is 9.10. The van der Waals surface area contributed by atoms with Crippen molar-refractivity contribution in [1.82, 2.24) is 5.32 Å². The van der Waals surface area contributed by atoms with Gasteiger partial charge in [0.25, 0.3) is 0 Å². The average Bonchev–Trinajstić information content (AvgIpc) is 2.96. The van der Waals surface area contributed by atoms with Crippen molar-refractivity contribution in [2.45, 2.75) is 43.4 Å². The zero-order valence-electron chi connectivity index (χ0n) is 11.6. The van der Waals surface area contributed by atoms with E-state index in [-0.39, 0.29) is 11.6 Å². The molecule has 1 aromatic rings. The molecule has 1 fully saturated rings. The minimum absolute atomic E-state index is 0.0962. The van der Waals surface area contributed by atoms with Crippen molar-refractivity contribution in [3.05, 3.63) is 33.8 Å². The van der Waals surface area contributed by atoms with Crippen molar-refractivity contribution in [2.24, 2.45) is 0 Å². The van der Waals surface area contributed by atoms with Gasteiger partial charge in [-0.25, -0.2) is 8.78 Å². The van der Waals surface area contributed by atoms with Gasteiger partial charge in [-0.05, 0) is 54.4 Å². The monoisotopic (exact) mass is 363 g/mol. The van der Waals surface area contributed by atoms with Crippen molar-refractivity contribution in [3.63, 3.8) is 0 Å². The molecule has 1 aromatic carbocycles. The Balaban J connectivity index is 1.97. The third kappa shape index (κ3) is 4.18. The Labute approximate surface area is 132 Å². The summed E-state index contributed by atoms with van der Waals surface area (Å²) in [6, 6.07) is 2.83. The van der Waals surface area contributed by atoms with Crippen molar-refractivity contribution in [2.75, 3.05) is 12.8 Å². The van der Waals surface area contributed by atoms with Gasteiger partial charge in [-0.2, -0.15) is 11.8 Å². The molecule has 1 atom stereocenters. The first-order valence-corrected chi connectivity index (χ1v) is 8.87. The van der Waals surface area contributed by atoms with E-state index in [1.807, 2.05) is 18.8 Å². The largest absolute Gasteiger partial charge is 0.316 e. The first-order chi connectivity index (χ1) is 9.61. The molecule has 20 heavy (non-hydrogen) atoms. The van der Waals surface area contributed by atoms with Crippen molar-refractivity contribution in [1.29, 1.82) is 0 Å². The van der Waals surface area contributed by atoms with Crippen LogP contribution >= 0.6 is 27.7 Å². The predicted octanol–water partition coefficient (Wildman–Crippen LogP) is 4.53. The number of nitrogens with one attached hydrogen (secondary N) is 1. The Morgan fingerprint density at radius 2 is 2.05 bits per heavy atom. The van der Waals surface area contributed by atoms with Crippen LogP contribution in [0.15, 0.2) is 16.6 Å². The zero-order valence-corrected chi connectivity index (χ0v) is 14.0. The molecule has 1 aliphatic rings. The Bertz CT molecular complexity index is 450. The summed E-state index contributed by atoms with van der Waals surface area (Å²) in [5.74, 6) is -0.0417. The van der Waals surface area contributed by atoms with Crippen LogP contribution in [-0.4, -0.2) is 24.1 Å². The highest BCUT2D eigenvalue weighted by Crippen LogP contribution is 2.30. The third-order valence-corrected chi connectivity index (χ3v) is 5.98. The Morgan fingerprint density at radius 1 is 1.35 bits per heavy atom. The normalized spacial score (nSPS) is 17.6. The second kappa shape index (κ2) is 7.76. The highest BCUT2D eigenvalue weighted by Gasteiger charge is 2.20. The molecule has 1 saturated carbocycles. The fourth-order valence-electron chi connectivity index (χ4n) is 2.55. The second-order valence-electron chi connectivity index (χ2n) is 5.25. The zero-order chi connectivity index (χ0) is 14.5. The lowest BCUT2D eigenvalue weighted by molar-refractivity contribution is 0.521. The molecule has 1 aliphatic carbocycles. The van der Waals surface area contributed by atoms with E-state index in [4.69, 9.17) is 0 Å².